The lowest BCUT2D eigenvalue weighted by atomic mass is 9.80. The molecule has 1 aliphatic rings. The second-order valence-corrected chi connectivity index (χ2v) is 4.58. The molecular weight excluding hydrogens is 267 g/mol. The van der Waals surface area contributed by atoms with E-state index in [1.54, 1.807) is 18.2 Å². The number of rotatable bonds is 2. The molecule has 5 nitrogen and oxygen atoms in total. The second-order valence-electron chi connectivity index (χ2n) is 4.58. The van der Waals surface area contributed by atoms with E-state index < -0.39 is 7.12 Å². The van der Waals surface area contributed by atoms with Crippen LogP contribution in [-0.2, 0) is 11.3 Å². The highest BCUT2D eigenvalue weighted by atomic mass is 16.5. The minimum Gasteiger partial charge on any atom is -0.522 e. The van der Waals surface area contributed by atoms with E-state index in [4.69, 9.17) is 24.9 Å². The molecular formula is C15H10BN2O3+. The van der Waals surface area contributed by atoms with Gasteiger partial charge in [0.25, 0.3) is 0 Å². The minimum atomic E-state index is -0.630. The summed E-state index contributed by atoms with van der Waals surface area (Å²) in [6.07, 6.45) is 0. The molecule has 2 aromatic rings. The molecule has 1 aliphatic heterocycles. The third kappa shape index (κ3) is 2.46. The van der Waals surface area contributed by atoms with Gasteiger partial charge in [-0.15, -0.1) is 0 Å². The summed E-state index contributed by atoms with van der Waals surface area (Å²) in [5.41, 5.74) is 2.39. The van der Waals surface area contributed by atoms with Gasteiger partial charge in [0.2, 0.25) is 0 Å². The third-order valence-electron chi connectivity index (χ3n) is 3.27. The zero-order valence-corrected chi connectivity index (χ0v) is 11.0. The maximum atomic E-state index is 9.00. The normalized spacial score (nSPS) is 12.4. The quantitative estimate of drug-likeness (QED) is 0.608. The van der Waals surface area contributed by atoms with Crippen molar-refractivity contribution in [3.05, 3.63) is 53.1 Å². The van der Waals surface area contributed by atoms with E-state index in [-0.39, 0.29) is 5.56 Å². The number of benzene rings is 2. The minimum absolute atomic E-state index is 0.283. The summed E-state index contributed by atoms with van der Waals surface area (Å²) in [4.78, 5) is 0. The Morgan fingerprint density at radius 2 is 1.76 bits per heavy atom. The van der Waals surface area contributed by atoms with Gasteiger partial charge in [0.1, 0.15) is 23.6 Å². The average molecular weight is 277 g/mol. The summed E-state index contributed by atoms with van der Waals surface area (Å²) in [5.74, 6) is 1.10. The molecule has 1 heterocycles. The first-order valence-corrected chi connectivity index (χ1v) is 6.29. The third-order valence-corrected chi connectivity index (χ3v) is 3.27. The first-order valence-electron chi connectivity index (χ1n) is 6.29. The first kappa shape index (κ1) is 13.2. The molecule has 0 unspecified atom stereocenters. The van der Waals surface area contributed by atoms with Crippen molar-refractivity contribution in [1.29, 1.82) is 10.5 Å². The van der Waals surface area contributed by atoms with Gasteiger partial charge in [-0.2, -0.15) is 10.5 Å². The molecule has 21 heavy (non-hydrogen) atoms. The van der Waals surface area contributed by atoms with Crippen LogP contribution >= 0.6 is 0 Å². The van der Waals surface area contributed by atoms with Crippen molar-refractivity contribution in [2.75, 3.05) is 0 Å². The number of ether oxygens (including phenoxy) is 1. The highest BCUT2D eigenvalue weighted by Crippen LogP contribution is 2.25. The largest absolute Gasteiger partial charge is 0.731 e. The molecule has 6 heteroatoms. The van der Waals surface area contributed by atoms with Crippen LogP contribution in [0.5, 0.6) is 11.5 Å². The lowest BCUT2D eigenvalue weighted by molar-refractivity contribution is 0.275. The number of hydrogen-bond acceptors (Lipinski definition) is 4. The van der Waals surface area contributed by atoms with E-state index in [0.717, 1.165) is 11.0 Å². The Bertz CT molecular complexity index is 792. The lowest BCUT2D eigenvalue weighted by Crippen LogP contribution is -2.27. The fourth-order valence-electron chi connectivity index (χ4n) is 2.20. The highest BCUT2D eigenvalue weighted by Gasteiger charge is 2.36. The Hall–Kier alpha value is -2.80. The van der Waals surface area contributed by atoms with Crippen molar-refractivity contribution in [3.8, 4) is 23.6 Å². The molecule has 3 rings (SSSR count). The zero-order chi connectivity index (χ0) is 14.8. The first-order chi connectivity index (χ1) is 10.2. The highest BCUT2D eigenvalue weighted by molar-refractivity contribution is 6.61. The molecule has 2 aromatic carbocycles. The molecule has 0 spiro atoms. The van der Waals surface area contributed by atoms with Crippen LogP contribution in [0.4, 0.5) is 0 Å². The number of hydrogen-bond donors (Lipinski definition) is 0. The molecule has 0 saturated heterocycles. The Morgan fingerprint density at radius 1 is 1.05 bits per heavy atom. The van der Waals surface area contributed by atoms with Crippen LogP contribution in [-0.4, -0.2) is 12.1 Å². The van der Waals surface area contributed by atoms with E-state index in [2.05, 4.69) is 0 Å². The summed E-state index contributed by atoms with van der Waals surface area (Å²) in [6, 6.07) is 14.1. The Kier molecular flexibility index (Phi) is 3.33. The molecule has 2 N–H and O–H groups in total. The van der Waals surface area contributed by atoms with Crippen molar-refractivity contribution in [3.63, 3.8) is 0 Å². The van der Waals surface area contributed by atoms with Gasteiger partial charge in [-0.1, -0.05) is 6.07 Å². The predicted octanol–water partition coefficient (Wildman–Crippen LogP) is 1.17. The molecule has 0 radical (unpaired) electrons. The summed E-state index contributed by atoms with van der Waals surface area (Å²) in [5, 5.41) is 25.6. The number of nitriles is 2. The Morgan fingerprint density at radius 3 is 2.52 bits per heavy atom. The standard InChI is InChI=1S/C15H9BN2O3/c17-7-10-1-2-13(5-11(10)8-18)21-14-3-4-15-12(6-14)9-20-16(15)19/h1-6,19H,9H2/p+1. The van der Waals surface area contributed by atoms with Gasteiger partial charge in [-0.05, 0) is 35.9 Å². The van der Waals surface area contributed by atoms with Crippen molar-refractivity contribution < 1.29 is 14.4 Å². The average Bonchev–Trinajstić information content (AvgIpc) is 2.88. The molecule has 0 aliphatic carbocycles. The second kappa shape index (κ2) is 5.30. The van der Waals surface area contributed by atoms with Crippen molar-refractivity contribution in [2.24, 2.45) is 0 Å². The molecule has 0 amide bonds. The molecule has 0 saturated carbocycles. The summed E-state index contributed by atoms with van der Waals surface area (Å²) in [7, 11) is -0.630. The maximum Gasteiger partial charge on any atom is 0.731 e. The molecule has 0 bridgehead atoms. The van der Waals surface area contributed by atoms with E-state index in [9.17, 15) is 0 Å². The van der Waals surface area contributed by atoms with Crippen LogP contribution < -0.4 is 10.2 Å². The van der Waals surface area contributed by atoms with Crippen LogP contribution in [0.15, 0.2) is 36.4 Å². The fourth-order valence-corrected chi connectivity index (χ4v) is 2.20. The van der Waals surface area contributed by atoms with Gasteiger partial charge in [0, 0.05) is 0 Å². The molecule has 0 fully saturated rings. The molecule has 0 atom stereocenters. The summed E-state index contributed by atoms with van der Waals surface area (Å²) < 4.78 is 10.9. The van der Waals surface area contributed by atoms with Gasteiger partial charge < -0.3 is 14.4 Å². The van der Waals surface area contributed by atoms with Crippen molar-refractivity contribution >= 4 is 12.6 Å². The van der Waals surface area contributed by atoms with Gasteiger partial charge in [-0.25, -0.2) is 0 Å². The van der Waals surface area contributed by atoms with Crippen LogP contribution in [0.3, 0.4) is 0 Å². The van der Waals surface area contributed by atoms with Gasteiger partial charge in [0.15, 0.2) is 0 Å². The lowest BCUT2D eigenvalue weighted by Gasteiger charge is -2.07. The Labute approximate surface area is 121 Å². The van der Waals surface area contributed by atoms with Gasteiger partial charge in [-0.3, -0.25) is 0 Å². The maximum absolute atomic E-state index is 9.00. The van der Waals surface area contributed by atoms with E-state index in [1.165, 1.54) is 6.07 Å². The predicted molar refractivity (Wildman–Crippen MR) is 76.2 cm³/mol. The fraction of sp³-hybridized carbons (Fsp3) is 0.0667. The molecule has 100 valence electrons. The summed E-state index contributed by atoms with van der Waals surface area (Å²) in [6.45, 7) is 0.400. The Balaban J connectivity index is 1.88. The van der Waals surface area contributed by atoms with E-state index in [1.807, 2.05) is 24.3 Å². The topological polar surface area (TPSA) is 88.9 Å². The zero-order valence-electron chi connectivity index (χ0n) is 11.0. The number of fused-ring (bicyclic) bond motifs is 1. The monoisotopic (exact) mass is 277 g/mol. The van der Waals surface area contributed by atoms with E-state index in [0.29, 0.717) is 23.7 Å². The molecule has 0 aromatic heterocycles. The van der Waals surface area contributed by atoms with Gasteiger partial charge >= 0.3 is 7.12 Å². The smallest absolute Gasteiger partial charge is 0.522 e. The summed E-state index contributed by atoms with van der Waals surface area (Å²) >= 11 is 0. The van der Waals surface area contributed by atoms with E-state index >= 15 is 0 Å². The van der Waals surface area contributed by atoms with Crippen molar-refractivity contribution in [2.45, 2.75) is 6.61 Å². The van der Waals surface area contributed by atoms with Crippen LogP contribution in [0.2, 0.25) is 0 Å². The van der Waals surface area contributed by atoms with Crippen molar-refractivity contribution in [1.82, 2.24) is 0 Å². The van der Waals surface area contributed by atoms with Crippen LogP contribution in [0, 0.1) is 22.7 Å². The SMILES string of the molecule is N#Cc1ccc(Oc2ccc3c(c2)COB3[OH2+])cc1C#N. The van der Waals surface area contributed by atoms with Crippen LogP contribution in [0.25, 0.3) is 0 Å². The van der Waals surface area contributed by atoms with Crippen LogP contribution in [0.1, 0.15) is 16.7 Å². The van der Waals surface area contributed by atoms with Gasteiger partial charge in [0.05, 0.1) is 23.2 Å². The number of nitrogens with zero attached hydrogens (tertiary/aromatic N) is 2.